The fraction of sp³-hybridized carbons (Fsp3) is 0.0833. The van der Waals surface area contributed by atoms with Gasteiger partial charge < -0.3 is 9.47 Å². The summed E-state index contributed by atoms with van der Waals surface area (Å²) in [6.07, 6.45) is 1.81. The van der Waals surface area contributed by atoms with Gasteiger partial charge in [-0.3, -0.25) is 4.98 Å². The van der Waals surface area contributed by atoms with Crippen molar-refractivity contribution >= 4 is 16.7 Å². The molecule has 138 valence electrons. The highest BCUT2D eigenvalue weighted by Gasteiger charge is 2.17. The third-order valence-corrected chi connectivity index (χ3v) is 4.57. The van der Waals surface area contributed by atoms with E-state index in [0.717, 1.165) is 21.9 Å². The molecule has 0 spiro atoms. The van der Waals surface area contributed by atoms with Gasteiger partial charge in [0.15, 0.2) is 5.75 Å². The third kappa shape index (κ3) is 3.45. The first-order valence-electron chi connectivity index (χ1n) is 8.97. The Hall–Kier alpha value is -3.66. The zero-order chi connectivity index (χ0) is 19.5. The maximum Gasteiger partial charge on any atom is 0.343 e. The Morgan fingerprint density at radius 1 is 0.929 bits per heavy atom. The van der Waals surface area contributed by atoms with E-state index in [2.05, 4.69) is 4.98 Å². The Morgan fingerprint density at radius 2 is 1.68 bits per heavy atom. The van der Waals surface area contributed by atoms with Gasteiger partial charge in [0.1, 0.15) is 11.4 Å². The number of hydrogen-bond acceptors (Lipinski definition) is 4. The molecule has 0 saturated carbocycles. The van der Waals surface area contributed by atoms with Crippen molar-refractivity contribution in [1.82, 2.24) is 4.98 Å². The number of benzene rings is 3. The first-order valence-corrected chi connectivity index (χ1v) is 8.97. The zero-order valence-electron chi connectivity index (χ0n) is 15.7. The van der Waals surface area contributed by atoms with Crippen molar-refractivity contribution < 1.29 is 14.3 Å². The molecule has 0 atom stereocenters. The Balaban J connectivity index is 1.81. The smallest absolute Gasteiger partial charge is 0.343 e. The fourth-order valence-electron chi connectivity index (χ4n) is 3.10. The minimum absolute atomic E-state index is 0.435. The second-order valence-corrected chi connectivity index (χ2v) is 6.51. The summed E-state index contributed by atoms with van der Waals surface area (Å²) in [6, 6.07) is 22.6. The predicted molar refractivity (Wildman–Crippen MR) is 110 cm³/mol. The van der Waals surface area contributed by atoms with Crippen molar-refractivity contribution in [3.05, 3.63) is 90.1 Å². The number of carbonyl (C=O) groups excluding carboxylic acids is 1. The fourth-order valence-corrected chi connectivity index (χ4v) is 3.10. The number of esters is 1. The van der Waals surface area contributed by atoms with E-state index in [-0.39, 0.29) is 0 Å². The summed E-state index contributed by atoms with van der Waals surface area (Å²) >= 11 is 0. The first-order chi connectivity index (χ1) is 13.7. The van der Waals surface area contributed by atoms with Crippen LogP contribution >= 0.6 is 0 Å². The van der Waals surface area contributed by atoms with E-state index in [1.165, 1.54) is 0 Å². The van der Waals surface area contributed by atoms with Gasteiger partial charge >= 0.3 is 5.97 Å². The highest BCUT2D eigenvalue weighted by Crippen LogP contribution is 2.35. The summed E-state index contributed by atoms with van der Waals surface area (Å²) in [5.74, 6) is 0.711. The molecular formula is C24H19NO3. The van der Waals surface area contributed by atoms with Gasteiger partial charge in [-0.25, -0.2) is 4.79 Å². The molecule has 28 heavy (non-hydrogen) atoms. The second kappa shape index (κ2) is 7.53. The Bertz CT molecular complexity index is 1140. The summed E-state index contributed by atoms with van der Waals surface area (Å²) in [5.41, 5.74) is 3.10. The summed E-state index contributed by atoms with van der Waals surface area (Å²) in [5, 5.41) is 1.78. The number of fused-ring (bicyclic) bond motifs is 1. The number of rotatable bonds is 4. The SMILES string of the molecule is COc1ccc(C(=O)Oc2c(-c3ccccc3)ncc3cc(C)ccc23)cc1. The van der Waals surface area contributed by atoms with E-state index in [0.29, 0.717) is 22.8 Å². The Morgan fingerprint density at radius 3 is 2.39 bits per heavy atom. The number of carbonyl (C=O) groups is 1. The molecule has 4 rings (SSSR count). The van der Waals surface area contributed by atoms with Crippen LogP contribution < -0.4 is 9.47 Å². The highest BCUT2D eigenvalue weighted by molar-refractivity contribution is 5.98. The average molecular weight is 369 g/mol. The molecule has 0 aliphatic heterocycles. The van der Waals surface area contributed by atoms with Gasteiger partial charge in [-0.1, -0.05) is 48.0 Å². The summed E-state index contributed by atoms with van der Waals surface area (Å²) < 4.78 is 11.0. The highest BCUT2D eigenvalue weighted by atomic mass is 16.5. The van der Waals surface area contributed by atoms with E-state index in [9.17, 15) is 4.79 Å². The minimum atomic E-state index is -0.435. The standard InChI is InChI=1S/C24H19NO3/c1-16-8-13-21-19(14-16)15-25-22(17-6-4-3-5-7-17)23(21)28-24(26)18-9-11-20(27-2)12-10-18/h3-15H,1-2H3. The molecule has 4 nitrogen and oxygen atoms in total. The van der Waals surface area contributed by atoms with Gasteiger partial charge in [-0.05, 0) is 37.3 Å². The Labute approximate surface area is 163 Å². The van der Waals surface area contributed by atoms with Crippen LogP contribution in [0.2, 0.25) is 0 Å². The molecule has 1 heterocycles. The predicted octanol–water partition coefficient (Wildman–Crippen LogP) is 5.44. The minimum Gasteiger partial charge on any atom is -0.497 e. The molecule has 4 heteroatoms. The van der Waals surface area contributed by atoms with Gasteiger partial charge in [-0.15, -0.1) is 0 Å². The lowest BCUT2D eigenvalue weighted by atomic mass is 10.0. The molecule has 0 bridgehead atoms. The van der Waals surface area contributed by atoms with Crippen molar-refractivity contribution in [2.24, 2.45) is 0 Å². The monoisotopic (exact) mass is 369 g/mol. The van der Waals surface area contributed by atoms with Gasteiger partial charge in [0, 0.05) is 22.5 Å². The van der Waals surface area contributed by atoms with E-state index < -0.39 is 5.97 Å². The number of aryl methyl sites for hydroxylation is 1. The number of hydrogen-bond donors (Lipinski definition) is 0. The topological polar surface area (TPSA) is 48.4 Å². The normalized spacial score (nSPS) is 10.6. The molecule has 0 radical (unpaired) electrons. The summed E-state index contributed by atoms with van der Waals surface area (Å²) in [7, 11) is 1.59. The lowest BCUT2D eigenvalue weighted by Gasteiger charge is -2.13. The molecule has 0 saturated heterocycles. The lowest BCUT2D eigenvalue weighted by molar-refractivity contribution is 0.0737. The van der Waals surface area contributed by atoms with E-state index in [1.54, 1.807) is 31.4 Å². The van der Waals surface area contributed by atoms with E-state index >= 15 is 0 Å². The van der Waals surface area contributed by atoms with E-state index in [4.69, 9.17) is 9.47 Å². The van der Waals surface area contributed by atoms with Gasteiger partial charge in [0.2, 0.25) is 0 Å². The number of aromatic nitrogens is 1. The van der Waals surface area contributed by atoms with Crippen LogP contribution in [-0.4, -0.2) is 18.1 Å². The number of nitrogens with zero attached hydrogens (tertiary/aromatic N) is 1. The Kier molecular flexibility index (Phi) is 4.77. The van der Waals surface area contributed by atoms with Crippen molar-refractivity contribution in [2.45, 2.75) is 6.92 Å². The molecule has 0 unspecified atom stereocenters. The van der Waals surface area contributed by atoms with Crippen LogP contribution in [0.5, 0.6) is 11.5 Å². The van der Waals surface area contributed by atoms with Gasteiger partial charge in [0.25, 0.3) is 0 Å². The average Bonchev–Trinajstić information content (AvgIpc) is 2.74. The molecule has 0 N–H and O–H groups in total. The first kappa shape index (κ1) is 17.7. The van der Waals surface area contributed by atoms with Crippen LogP contribution in [0.15, 0.2) is 79.0 Å². The molecule has 0 aliphatic carbocycles. The van der Waals surface area contributed by atoms with Crippen LogP contribution in [0.1, 0.15) is 15.9 Å². The number of pyridine rings is 1. The largest absolute Gasteiger partial charge is 0.497 e. The van der Waals surface area contributed by atoms with Crippen molar-refractivity contribution in [3.8, 4) is 22.8 Å². The summed E-state index contributed by atoms with van der Waals surface area (Å²) in [6.45, 7) is 2.02. The van der Waals surface area contributed by atoms with Crippen LogP contribution in [0.25, 0.3) is 22.0 Å². The zero-order valence-corrected chi connectivity index (χ0v) is 15.7. The third-order valence-electron chi connectivity index (χ3n) is 4.57. The quantitative estimate of drug-likeness (QED) is 0.450. The second-order valence-electron chi connectivity index (χ2n) is 6.51. The van der Waals surface area contributed by atoms with Crippen molar-refractivity contribution in [3.63, 3.8) is 0 Å². The number of methoxy groups -OCH3 is 1. The summed E-state index contributed by atoms with van der Waals surface area (Å²) in [4.78, 5) is 17.4. The molecule has 3 aromatic carbocycles. The van der Waals surface area contributed by atoms with Crippen molar-refractivity contribution in [2.75, 3.05) is 7.11 Å². The van der Waals surface area contributed by atoms with Crippen LogP contribution in [0, 0.1) is 6.92 Å². The molecule has 1 aromatic heterocycles. The maximum atomic E-state index is 12.8. The number of ether oxygens (including phenoxy) is 2. The molecule has 0 fully saturated rings. The van der Waals surface area contributed by atoms with Crippen LogP contribution in [-0.2, 0) is 0 Å². The van der Waals surface area contributed by atoms with Crippen molar-refractivity contribution in [1.29, 1.82) is 0 Å². The molecular weight excluding hydrogens is 350 g/mol. The maximum absolute atomic E-state index is 12.8. The van der Waals surface area contributed by atoms with Gasteiger partial charge in [0.05, 0.1) is 12.7 Å². The van der Waals surface area contributed by atoms with E-state index in [1.807, 2.05) is 61.7 Å². The molecule has 0 aliphatic rings. The van der Waals surface area contributed by atoms with Crippen LogP contribution in [0.4, 0.5) is 0 Å². The lowest BCUT2D eigenvalue weighted by Crippen LogP contribution is -2.10. The van der Waals surface area contributed by atoms with Gasteiger partial charge in [-0.2, -0.15) is 0 Å². The molecule has 0 amide bonds. The van der Waals surface area contributed by atoms with Crippen LogP contribution in [0.3, 0.4) is 0 Å². The molecule has 4 aromatic rings.